The van der Waals surface area contributed by atoms with Gasteiger partial charge in [-0.15, -0.1) is 0 Å². The van der Waals surface area contributed by atoms with Crippen molar-refractivity contribution in [2.75, 3.05) is 11.9 Å². The highest BCUT2D eigenvalue weighted by Crippen LogP contribution is 2.30. The van der Waals surface area contributed by atoms with Gasteiger partial charge in [-0.2, -0.15) is 0 Å². The summed E-state index contributed by atoms with van der Waals surface area (Å²) in [6, 6.07) is 11.5. The molecule has 2 aromatic carbocycles. The number of anilines is 1. The minimum absolute atomic E-state index is 0.163. The summed E-state index contributed by atoms with van der Waals surface area (Å²) in [5.74, 6) is -0.327. The molecule has 1 aromatic heterocycles. The van der Waals surface area contributed by atoms with E-state index in [0.29, 0.717) is 10.7 Å². The Hall–Kier alpha value is -2.73. The molecule has 0 aliphatic carbocycles. The van der Waals surface area contributed by atoms with Gasteiger partial charge in [0.1, 0.15) is 0 Å². The van der Waals surface area contributed by atoms with E-state index >= 15 is 0 Å². The smallest absolute Gasteiger partial charge is 0.251 e. The summed E-state index contributed by atoms with van der Waals surface area (Å²) >= 11 is 1.47. The molecule has 1 heterocycles. The quantitative estimate of drug-likeness (QED) is 0.716. The largest absolute Gasteiger partial charge is 0.352 e. The first kappa shape index (κ1) is 18.1. The van der Waals surface area contributed by atoms with Crippen LogP contribution >= 0.6 is 11.3 Å². The number of amides is 2. The number of aromatic nitrogens is 1. The first-order valence-corrected chi connectivity index (χ1v) is 9.28. The van der Waals surface area contributed by atoms with Gasteiger partial charge in [-0.3, -0.25) is 9.59 Å². The Morgan fingerprint density at radius 2 is 1.73 bits per heavy atom. The number of benzene rings is 2. The molecule has 6 heteroatoms. The van der Waals surface area contributed by atoms with Gasteiger partial charge in [0, 0.05) is 18.5 Å². The Morgan fingerprint density at radius 1 is 1.00 bits per heavy atom. The number of fused-ring (bicyclic) bond motifs is 1. The van der Waals surface area contributed by atoms with Crippen LogP contribution in [0.2, 0.25) is 0 Å². The zero-order valence-electron chi connectivity index (χ0n) is 15.1. The van der Waals surface area contributed by atoms with E-state index in [-0.39, 0.29) is 24.8 Å². The number of carbonyl (C=O) groups is 2. The fourth-order valence-corrected chi connectivity index (χ4v) is 3.73. The Morgan fingerprint density at radius 3 is 2.46 bits per heavy atom. The minimum atomic E-state index is -0.165. The predicted octanol–water partition coefficient (Wildman–Crippen LogP) is 3.98. The van der Waals surface area contributed by atoms with Gasteiger partial charge in [0.2, 0.25) is 5.91 Å². The zero-order chi connectivity index (χ0) is 18.7. The summed E-state index contributed by atoms with van der Waals surface area (Å²) in [6.45, 7) is 6.21. The molecule has 2 amide bonds. The summed E-state index contributed by atoms with van der Waals surface area (Å²) < 4.78 is 1.09. The van der Waals surface area contributed by atoms with Crippen LogP contribution in [0.25, 0.3) is 10.2 Å². The van der Waals surface area contributed by atoms with Crippen LogP contribution in [0.4, 0.5) is 5.13 Å². The molecule has 3 aromatic rings. The lowest BCUT2D eigenvalue weighted by atomic mass is 10.1. The van der Waals surface area contributed by atoms with E-state index in [1.54, 1.807) is 6.07 Å². The van der Waals surface area contributed by atoms with E-state index in [2.05, 4.69) is 21.7 Å². The Balaban J connectivity index is 1.56. The molecule has 0 radical (unpaired) electrons. The van der Waals surface area contributed by atoms with E-state index in [0.717, 1.165) is 26.9 Å². The second-order valence-corrected chi connectivity index (χ2v) is 7.26. The number of thiazole rings is 1. The molecule has 0 bridgehead atoms. The molecule has 0 saturated heterocycles. The van der Waals surface area contributed by atoms with Crippen LogP contribution in [0.15, 0.2) is 36.4 Å². The highest BCUT2D eigenvalue weighted by molar-refractivity contribution is 7.22. The number of hydrogen-bond donors (Lipinski definition) is 2. The Labute approximate surface area is 156 Å². The second-order valence-electron chi connectivity index (χ2n) is 6.27. The molecule has 0 atom stereocenters. The lowest BCUT2D eigenvalue weighted by molar-refractivity contribution is -0.116. The molecule has 0 unspecified atom stereocenters. The van der Waals surface area contributed by atoms with Gasteiger partial charge in [-0.05, 0) is 43.5 Å². The Kier molecular flexibility index (Phi) is 5.32. The van der Waals surface area contributed by atoms with Crippen LogP contribution in [0.5, 0.6) is 0 Å². The molecule has 2 N–H and O–H groups in total. The van der Waals surface area contributed by atoms with Crippen LogP contribution in [0.1, 0.15) is 33.5 Å². The molecule has 134 valence electrons. The van der Waals surface area contributed by atoms with E-state index < -0.39 is 0 Å². The minimum Gasteiger partial charge on any atom is -0.352 e. The first-order valence-electron chi connectivity index (χ1n) is 8.46. The van der Waals surface area contributed by atoms with Crippen LogP contribution in [0, 0.1) is 20.8 Å². The van der Waals surface area contributed by atoms with Gasteiger partial charge in [0.05, 0.1) is 10.2 Å². The lowest BCUT2D eigenvalue weighted by Crippen LogP contribution is -2.28. The van der Waals surface area contributed by atoms with E-state index in [4.69, 9.17) is 0 Å². The zero-order valence-corrected chi connectivity index (χ0v) is 15.9. The fraction of sp³-hybridized carbons (Fsp3) is 0.250. The summed E-state index contributed by atoms with van der Waals surface area (Å²) in [5.41, 5.74) is 4.71. The van der Waals surface area contributed by atoms with Gasteiger partial charge in [0.15, 0.2) is 5.13 Å². The van der Waals surface area contributed by atoms with Crippen molar-refractivity contribution < 1.29 is 9.59 Å². The van der Waals surface area contributed by atoms with E-state index in [9.17, 15) is 9.59 Å². The highest BCUT2D eigenvalue weighted by atomic mass is 32.1. The number of carbonyl (C=O) groups excluding carboxylic acids is 2. The van der Waals surface area contributed by atoms with Crippen molar-refractivity contribution in [1.82, 2.24) is 10.3 Å². The Bertz CT molecular complexity index is 939. The van der Waals surface area contributed by atoms with Crippen molar-refractivity contribution in [1.29, 1.82) is 0 Å². The average molecular weight is 367 g/mol. The van der Waals surface area contributed by atoms with Crippen molar-refractivity contribution in [3.63, 3.8) is 0 Å². The predicted molar refractivity (Wildman–Crippen MR) is 106 cm³/mol. The number of rotatable bonds is 5. The van der Waals surface area contributed by atoms with Crippen molar-refractivity contribution >= 4 is 38.5 Å². The van der Waals surface area contributed by atoms with Gasteiger partial charge in [-0.1, -0.05) is 41.7 Å². The molecule has 26 heavy (non-hydrogen) atoms. The molecular formula is C20H21N3O2S. The maximum absolute atomic E-state index is 12.1. The fourth-order valence-electron chi connectivity index (χ4n) is 2.71. The lowest BCUT2D eigenvalue weighted by Gasteiger charge is -2.07. The molecule has 0 saturated carbocycles. The van der Waals surface area contributed by atoms with Crippen molar-refractivity contribution in [3.8, 4) is 0 Å². The number of aryl methyl sites for hydroxylation is 3. The summed E-state index contributed by atoms with van der Waals surface area (Å²) in [5, 5.41) is 6.20. The molecule has 0 spiro atoms. The number of nitrogens with one attached hydrogen (secondary N) is 2. The number of hydrogen-bond acceptors (Lipinski definition) is 4. The second kappa shape index (κ2) is 7.66. The summed E-state index contributed by atoms with van der Waals surface area (Å²) in [7, 11) is 0. The topological polar surface area (TPSA) is 71.1 Å². The maximum Gasteiger partial charge on any atom is 0.251 e. The molecule has 0 aliphatic rings. The van der Waals surface area contributed by atoms with Crippen molar-refractivity contribution in [2.45, 2.75) is 27.2 Å². The van der Waals surface area contributed by atoms with Crippen LogP contribution in [-0.4, -0.2) is 23.3 Å². The SMILES string of the molecule is Cc1ccccc1C(=O)NCCC(=O)Nc1nc2c(C)ccc(C)c2s1. The summed E-state index contributed by atoms with van der Waals surface area (Å²) in [6.07, 6.45) is 0.200. The molecule has 5 nitrogen and oxygen atoms in total. The highest BCUT2D eigenvalue weighted by Gasteiger charge is 2.12. The van der Waals surface area contributed by atoms with E-state index in [1.165, 1.54) is 11.3 Å². The standard InChI is InChI=1S/C20H21N3O2S/c1-12-6-4-5-7-15(12)19(25)21-11-10-16(24)22-20-23-17-13(2)8-9-14(3)18(17)26-20/h4-9H,10-11H2,1-3H3,(H,21,25)(H,22,23,24). The van der Waals surface area contributed by atoms with Crippen LogP contribution in [0.3, 0.4) is 0 Å². The van der Waals surface area contributed by atoms with E-state index in [1.807, 2.05) is 45.0 Å². The van der Waals surface area contributed by atoms with Gasteiger partial charge in [0.25, 0.3) is 5.91 Å². The third-order valence-electron chi connectivity index (χ3n) is 4.22. The van der Waals surface area contributed by atoms with Crippen molar-refractivity contribution in [3.05, 3.63) is 58.7 Å². The van der Waals surface area contributed by atoms with Crippen LogP contribution in [-0.2, 0) is 4.79 Å². The van der Waals surface area contributed by atoms with Crippen molar-refractivity contribution in [2.24, 2.45) is 0 Å². The monoisotopic (exact) mass is 367 g/mol. The molecular weight excluding hydrogens is 346 g/mol. The number of nitrogens with zero attached hydrogens (tertiary/aromatic N) is 1. The van der Waals surface area contributed by atoms with Gasteiger partial charge < -0.3 is 10.6 Å². The summed E-state index contributed by atoms with van der Waals surface area (Å²) in [4.78, 5) is 28.8. The van der Waals surface area contributed by atoms with Crippen LogP contribution < -0.4 is 10.6 Å². The molecule has 0 fully saturated rings. The molecule has 0 aliphatic heterocycles. The van der Waals surface area contributed by atoms with Gasteiger partial charge in [-0.25, -0.2) is 4.98 Å². The van der Waals surface area contributed by atoms with Gasteiger partial charge >= 0.3 is 0 Å². The third-order valence-corrected chi connectivity index (χ3v) is 5.32. The first-order chi connectivity index (χ1) is 12.5. The normalized spacial score (nSPS) is 10.7. The third kappa shape index (κ3) is 3.91. The average Bonchev–Trinajstić information content (AvgIpc) is 3.03. The molecule has 3 rings (SSSR count). The maximum atomic E-state index is 12.1.